The Hall–Kier alpha value is -1.69. The lowest BCUT2D eigenvalue weighted by Crippen LogP contribution is -2.50. The molecule has 0 radical (unpaired) electrons. The molecule has 0 bridgehead atoms. The van der Waals surface area contributed by atoms with Crippen molar-refractivity contribution in [3.05, 3.63) is 29.8 Å². The number of aliphatic hydroxyl groups is 1. The van der Waals surface area contributed by atoms with Crippen molar-refractivity contribution in [2.45, 2.75) is 32.3 Å². The monoisotopic (exact) mass is 288 g/mol. The summed E-state index contributed by atoms with van der Waals surface area (Å²) in [5, 5.41) is 10.2. The summed E-state index contributed by atoms with van der Waals surface area (Å²) in [4.78, 5) is 11.4. The zero-order valence-electron chi connectivity index (χ0n) is 11.7. The minimum atomic E-state index is -4.09. The fraction of sp³-hybridized carbons (Fsp3) is 0.500. The molecular formula is C14H18F2O4. The first-order chi connectivity index (χ1) is 9.29. The fourth-order valence-corrected chi connectivity index (χ4v) is 1.74. The molecule has 20 heavy (non-hydrogen) atoms. The molecule has 112 valence electrons. The van der Waals surface area contributed by atoms with E-state index in [9.17, 15) is 18.7 Å². The topological polar surface area (TPSA) is 55.8 Å². The lowest BCUT2D eigenvalue weighted by molar-refractivity contribution is -0.212. The Morgan fingerprint density at radius 1 is 1.25 bits per heavy atom. The van der Waals surface area contributed by atoms with E-state index in [4.69, 9.17) is 4.74 Å². The minimum absolute atomic E-state index is 0.101. The summed E-state index contributed by atoms with van der Waals surface area (Å²) >= 11 is 0. The van der Waals surface area contributed by atoms with E-state index in [1.54, 1.807) is 13.0 Å². The van der Waals surface area contributed by atoms with Crippen molar-refractivity contribution in [2.24, 2.45) is 0 Å². The highest BCUT2D eigenvalue weighted by molar-refractivity contribution is 5.79. The molecule has 1 aromatic rings. The maximum Gasteiger partial charge on any atom is 0.380 e. The molecule has 1 aromatic carbocycles. The smallest absolute Gasteiger partial charge is 0.380 e. The van der Waals surface area contributed by atoms with Crippen LogP contribution in [0.2, 0.25) is 0 Å². The van der Waals surface area contributed by atoms with Crippen LogP contribution in [-0.4, -0.2) is 30.2 Å². The van der Waals surface area contributed by atoms with Crippen molar-refractivity contribution in [1.82, 2.24) is 0 Å². The molecule has 0 spiro atoms. The maximum atomic E-state index is 14.1. The summed E-state index contributed by atoms with van der Waals surface area (Å²) in [6, 6.07) is 5.81. The van der Waals surface area contributed by atoms with Gasteiger partial charge in [0, 0.05) is 5.56 Å². The molecule has 0 aliphatic carbocycles. The van der Waals surface area contributed by atoms with E-state index in [-0.39, 0.29) is 24.5 Å². The van der Waals surface area contributed by atoms with E-state index in [1.165, 1.54) is 25.1 Å². The average Bonchev–Trinajstić information content (AvgIpc) is 2.39. The summed E-state index contributed by atoms with van der Waals surface area (Å²) in [6.45, 7) is 4.02. The van der Waals surface area contributed by atoms with Gasteiger partial charge in [0.2, 0.25) is 0 Å². The van der Waals surface area contributed by atoms with Crippen LogP contribution < -0.4 is 4.74 Å². The third kappa shape index (κ3) is 2.90. The number of hydrogen-bond donors (Lipinski definition) is 1. The Kier molecular flexibility index (Phi) is 5.05. The first-order valence-corrected chi connectivity index (χ1v) is 6.28. The van der Waals surface area contributed by atoms with Crippen LogP contribution in [0.25, 0.3) is 0 Å². The van der Waals surface area contributed by atoms with E-state index < -0.39 is 17.5 Å². The first-order valence-electron chi connectivity index (χ1n) is 6.28. The number of carbonyl (C=O) groups excluding carboxylic acids is 1. The van der Waals surface area contributed by atoms with Crippen LogP contribution in [0.5, 0.6) is 5.75 Å². The second kappa shape index (κ2) is 6.17. The number of alkyl halides is 2. The van der Waals surface area contributed by atoms with Gasteiger partial charge >= 0.3 is 11.9 Å². The van der Waals surface area contributed by atoms with Crippen LogP contribution in [0.1, 0.15) is 26.3 Å². The van der Waals surface area contributed by atoms with E-state index in [1.807, 2.05) is 0 Å². The Labute approximate surface area is 116 Å². The van der Waals surface area contributed by atoms with Crippen LogP contribution in [-0.2, 0) is 15.1 Å². The second-order valence-corrected chi connectivity index (χ2v) is 4.30. The Morgan fingerprint density at radius 3 is 2.40 bits per heavy atom. The standard InChI is InChI=1S/C14H18F2O4/c1-4-19-11-9-7-6-8-10(11)13(3,18)14(15,16)12(17)20-5-2/h6-9,18H,4-5H2,1-3H3. The summed E-state index contributed by atoms with van der Waals surface area (Å²) in [5.74, 6) is -5.75. The van der Waals surface area contributed by atoms with Gasteiger partial charge in [-0.3, -0.25) is 0 Å². The van der Waals surface area contributed by atoms with Crippen LogP contribution in [0, 0.1) is 0 Å². The quantitative estimate of drug-likeness (QED) is 0.817. The van der Waals surface area contributed by atoms with Crippen LogP contribution in [0.4, 0.5) is 8.78 Å². The molecule has 0 fully saturated rings. The predicted molar refractivity (Wildman–Crippen MR) is 68.8 cm³/mol. The molecule has 1 atom stereocenters. The Bertz CT molecular complexity index is 472. The number of benzene rings is 1. The first kappa shape index (κ1) is 16.4. The van der Waals surface area contributed by atoms with Crippen molar-refractivity contribution in [3.63, 3.8) is 0 Å². The van der Waals surface area contributed by atoms with Crippen molar-refractivity contribution in [1.29, 1.82) is 0 Å². The maximum absolute atomic E-state index is 14.1. The van der Waals surface area contributed by atoms with Crippen LogP contribution in [0.3, 0.4) is 0 Å². The molecule has 1 unspecified atom stereocenters. The van der Waals surface area contributed by atoms with E-state index >= 15 is 0 Å². The summed E-state index contributed by atoms with van der Waals surface area (Å²) < 4.78 is 37.8. The van der Waals surface area contributed by atoms with Crippen molar-refractivity contribution in [2.75, 3.05) is 13.2 Å². The van der Waals surface area contributed by atoms with Gasteiger partial charge in [0.1, 0.15) is 5.75 Å². The number of ether oxygens (including phenoxy) is 2. The van der Waals surface area contributed by atoms with E-state index in [2.05, 4.69) is 4.74 Å². The van der Waals surface area contributed by atoms with Gasteiger partial charge in [-0.15, -0.1) is 0 Å². The lowest BCUT2D eigenvalue weighted by atomic mass is 9.88. The van der Waals surface area contributed by atoms with E-state index in [0.717, 1.165) is 6.92 Å². The molecule has 0 aliphatic heterocycles. The van der Waals surface area contributed by atoms with Gasteiger partial charge < -0.3 is 14.6 Å². The highest BCUT2D eigenvalue weighted by Crippen LogP contribution is 2.42. The summed E-state index contributed by atoms with van der Waals surface area (Å²) in [6.07, 6.45) is 0. The van der Waals surface area contributed by atoms with Gasteiger partial charge in [-0.05, 0) is 26.8 Å². The highest BCUT2D eigenvalue weighted by Gasteiger charge is 2.58. The fourth-order valence-electron chi connectivity index (χ4n) is 1.74. The molecule has 0 aromatic heterocycles. The predicted octanol–water partition coefficient (Wildman–Crippen LogP) is 2.49. The highest BCUT2D eigenvalue weighted by atomic mass is 19.3. The second-order valence-electron chi connectivity index (χ2n) is 4.30. The van der Waals surface area contributed by atoms with Gasteiger partial charge in [0.25, 0.3) is 0 Å². The van der Waals surface area contributed by atoms with Gasteiger partial charge in [-0.25, -0.2) is 4.79 Å². The van der Waals surface area contributed by atoms with Crippen LogP contribution in [0.15, 0.2) is 24.3 Å². The zero-order valence-corrected chi connectivity index (χ0v) is 11.7. The molecule has 0 aliphatic rings. The van der Waals surface area contributed by atoms with Gasteiger partial charge in [-0.2, -0.15) is 8.78 Å². The normalized spacial score (nSPS) is 14.5. The summed E-state index contributed by atoms with van der Waals surface area (Å²) in [7, 11) is 0. The molecule has 4 nitrogen and oxygen atoms in total. The number of hydrogen-bond acceptors (Lipinski definition) is 4. The Balaban J connectivity index is 3.24. The molecule has 1 N–H and O–H groups in total. The molecule has 6 heteroatoms. The third-order valence-electron chi connectivity index (χ3n) is 2.85. The average molecular weight is 288 g/mol. The zero-order chi connectivity index (χ0) is 15.4. The molecule has 1 rings (SSSR count). The van der Waals surface area contributed by atoms with Gasteiger partial charge in [0.05, 0.1) is 13.2 Å². The number of halogens is 2. The minimum Gasteiger partial charge on any atom is -0.493 e. The molecule has 0 amide bonds. The van der Waals surface area contributed by atoms with Crippen molar-refractivity contribution < 1.29 is 28.2 Å². The number of para-hydroxylation sites is 1. The number of rotatable bonds is 6. The molecule has 0 saturated carbocycles. The van der Waals surface area contributed by atoms with Gasteiger partial charge in [-0.1, -0.05) is 18.2 Å². The largest absolute Gasteiger partial charge is 0.493 e. The van der Waals surface area contributed by atoms with Crippen molar-refractivity contribution in [3.8, 4) is 5.75 Å². The van der Waals surface area contributed by atoms with E-state index in [0.29, 0.717) is 0 Å². The van der Waals surface area contributed by atoms with Crippen LogP contribution >= 0.6 is 0 Å². The molecular weight excluding hydrogens is 270 g/mol. The molecule has 0 heterocycles. The SMILES string of the molecule is CCOC(=O)C(F)(F)C(C)(O)c1ccccc1OCC. The number of esters is 1. The lowest BCUT2D eigenvalue weighted by Gasteiger charge is -2.32. The Morgan fingerprint density at radius 2 is 1.85 bits per heavy atom. The number of carbonyl (C=O) groups is 1. The van der Waals surface area contributed by atoms with Gasteiger partial charge in [0.15, 0.2) is 5.60 Å². The molecule has 0 saturated heterocycles. The third-order valence-corrected chi connectivity index (χ3v) is 2.85. The van der Waals surface area contributed by atoms with Crippen molar-refractivity contribution >= 4 is 5.97 Å². The summed E-state index contributed by atoms with van der Waals surface area (Å²) in [5.41, 5.74) is -2.90.